The van der Waals surface area contributed by atoms with E-state index in [2.05, 4.69) is 96.0 Å². The van der Waals surface area contributed by atoms with Gasteiger partial charge in [-0.3, -0.25) is 4.99 Å². The molecule has 4 nitrogen and oxygen atoms in total. The van der Waals surface area contributed by atoms with Gasteiger partial charge in [0.2, 0.25) is 0 Å². The minimum absolute atomic E-state index is 0.297. The van der Waals surface area contributed by atoms with Gasteiger partial charge in [-0.1, -0.05) is 91.0 Å². The van der Waals surface area contributed by atoms with Crippen molar-refractivity contribution in [3.63, 3.8) is 0 Å². The van der Waals surface area contributed by atoms with E-state index < -0.39 is 0 Å². The first-order valence-corrected chi connectivity index (χ1v) is 13.0. The molecule has 0 unspecified atom stereocenters. The summed E-state index contributed by atoms with van der Waals surface area (Å²) in [5, 5.41) is 0. The number of thioether (sulfide) groups is 1. The molecule has 3 aromatic rings. The van der Waals surface area contributed by atoms with Crippen LogP contribution in [0.15, 0.2) is 96.0 Å². The molecule has 4 rings (SSSR count). The van der Waals surface area contributed by atoms with Crippen LogP contribution < -0.4 is 0 Å². The lowest BCUT2D eigenvalue weighted by molar-refractivity contribution is 0.0531. The van der Waals surface area contributed by atoms with Crippen LogP contribution in [0.2, 0.25) is 0 Å². The van der Waals surface area contributed by atoms with Crippen molar-refractivity contribution in [2.24, 2.45) is 4.99 Å². The molecule has 0 fully saturated rings. The molecular formula is C29H33NO3S. The van der Waals surface area contributed by atoms with Crippen molar-refractivity contribution in [1.82, 2.24) is 0 Å². The second-order valence-electron chi connectivity index (χ2n) is 8.08. The molecule has 5 heteroatoms. The predicted octanol–water partition coefficient (Wildman–Crippen LogP) is 5.95. The molecule has 0 aromatic heterocycles. The van der Waals surface area contributed by atoms with Crippen molar-refractivity contribution in [3.8, 4) is 0 Å². The highest BCUT2D eigenvalue weighted by molar-refractivity contribution is 8.00. The zero-order valence-electron chi connectivity index (χ0n) is 19.6. The molecule has 0 atom stereocenters. The van der Waals surface area contributed by atoms with Gasteiger partial charge < -0.3 is 14.2 Å². The third-order valence-electron chi connectivity index (χ3n) is 5.79. The first kappa shape index (κ1) is 24.5. The molecule has 1 aliphatic heterocycles. The molecule has 0 saturated heterocycles. The lowest BCUT2D eigenvalue weighted by Gasteiger charge is -2.35. The van der Waals surface area contributed by atoms with Crippen LogP contribution in [0.3, 0.4) is 0 Å². The Morgan fingerprint density at radius 3 is 1.74 bits per heavy atom. The molecule has 3 aromatic carbocycles. The normalized spacial score (nSPS) is 13.5. The predicted molar refractivity (Wildman–Crippen MR) is 141 cm³/mol. The van der Waals surface area contributed by atoms with Crippen LogP contribution in [0, 0.1) is 0 Å². The SMILES string of the molecule is c1ccc(C(SCCOCCOCCCC2=NCCO2)(c2ccccc2)c2ccccc2)cc1. The van der Waals surface area contributed by atoms with Crippen molar-refractivity contribution in [1.29, 1.82) is 0 Å². The Bertz CT molecular complexity index is 899. The Labute approximate surface area is 207 Å². The number of ether oxygens (including phenoxy) is 3. The van der Waals surface area contributed by atoms with Crippen LogP contribution in [0.5, 0.6) is 0 Å². The second-order valence-corrected chi connectivity index (χ2v) is 9.39. The minimum atomic E-state index is -0.297. The summed E-state index contributed by atoms with van der Waals surface area (Å²) in [7, 11) is 0. The van der Waals surface area contributed by atoms with E-state index in [-0.39, 0.29) is 4.75 Å². The van der Waals surface area contributed by atoms with Gasteiger partial charge in [0.05, 0.1) is 31.1 Å². The van der Waals surface area contributed by atoms with Gasteiger partial charge in [0.25, 0.3) is 0 Å². The van der Waals surface area contributed by atoms with Gasteiger partial charge in [-0.2, -0.15) is 0 Å². The summed E-state index contributed by atoms with van der Waals surface area (Å²) in [6.45, 7) is 4.11. The number of aliphatic imine (C=N–C) groups is 1. The Morgan fingerprint density at radius 1 is 0.706 bits per heavy atom. The van der Waals surface area contributed by atoms with Crippen LogP contribution >= 0.6 is 11.8 Å². The van der Waals surface area contributed by atoms with Gasteiger partial charge in [-0.15, -0.1) is 11.8 Å². The molecule has 0 N–H and O–H groups in total. The highest BCUT2D eigenvalue weighted by atomic mass is 32.2. The number of hydrogen-bond donors (Lipinski definition) is 0. The van der Waals surface area contributed by atoms with E-state index in [1.165, 1.54) is 16.7 Å². The maximum atomic E-state index is 5.92. The lowest BCUT2D eigenvalue weighted by Crippen LogP contribution is -2.26. The van der Waals surface area contributed by atoms with E-state index in [0.29, 0.717) is 26.4 Å². The molecule has 34 heavy (non-hydrogen) atoms. The molecule has 0 aliphatic carbocycles. The van der Waals surface area contributed by atoms with Gasteiger partial charge >= 0.3 is 0 Å². The van der Waals surface area contributed by atoms with Crippen LogP contribution in [-0.4, -0.2) is 51.2 Å². The van der Waals surface area contributed by atoms with E-state index in [9.17, 15) is 0 Å². The summed E-state index contributed by atoms with van der Waals surface area (Å²) in [5.41, 5.74) is 3.82. The number of benzene rings is 3. The smallest absolute Gasteiger partial charge is 0.183 e. The van der Waals surface area contributed by atoms with E-state index in [0.717, 1.165) is 37.6 Å². The van der Waals surface area contributed by atoms with Crippen LogP contribution in [0.25, 0.3) is 0 Å². The third-order valence-corrected chi connectivity index (χ3v) is 7.30. The molecule has 0 amide bonds. The Kier molecular flexibility index (Phi) is 9.61. The highest BCUT2D eigenvalue weighted by Gasteiger charge is 2.36. The fourth-order valence-corrected chi connectivity index (χ4v) is 5.62. The first-order valence-electron chi connectivity index (χ1n) is 12.0. The molecule has 0 saturated carbocycles. The highest BCUT2D eigenvalue weighted by Crippen LogP contribution is 2.48. The first-order chi connectivity index (χ1) is 16.9. The average Bonchev–Trinajstić information content (AvgIpc) is 3.43. The van der Waals surface area contributed by atoms with E-state index in [1.807, 2.05) is 11.8 Å². The van der Waals surface area contributed by atoms with Gasteiger partial charge in [0.15, 0.2) is 5.90 Å². The summed E-state index contributed by atoms with van der Waals surface area (Å²) < 4.78 is 16.7. The van der Waals surface area contributed by atoms with Crippen molar-refractivity contribution >= 4 is 17.7 Å². The zero-order valence-corrected chi connectivity index (χ0v) is 20.4. The minimum Gasteiger partial charge on any atom is -0.479 e. The van der Waals surface area contributed by atoms with Gasteiger partial charge in [-0.05, 0) is 23.1 Å². The summed E-state index contributed by atoms with van der Waals surface area (Å²) in [5.74, 6) is 1.74. The Balaban J connectivity index is 1.33. The van der Waals surface area contributed by atoms with Gasteiger partial charge in [0.1, 0.15) is 6.61 Å². The molecular weight excluding hydrogens is 442 g/mol. The van der Waals surface area contributed by atoms with Crippen LogP contribution in [-0.2, 0) is 19.0 Å². The molecule has 1 heterocycles. The fraction of sp³-hybridized carbons (Fsp3) is 0.345. The third kappa shape index (κ3) is 6.50. The monoisotopic (exact) mass is 475 g/mol. The van der Waals surface area contributed by atoms with E-state index in [4.69, 9.17) is 14.2 Å². The van der Waals surface area contributed by atoms with Crippen molar-refractivity contribution < 1.29 is 14.2 Å². The standard InChI is InChI=1S/C29H33NO3S/c1-4-11-25(12-5-1)29(26-13-6-2-7-14-26,27-15-8-3-9-16-27)34-24-23-32-22-21-31-19-10-17-28-30-18-20-33-28/h1-9,11-16H,10,17-24H2. The number of hydrogen-bond acceptors (Lipinski definition) is 5. The van der Waals surface area contributed by atoms with E-state index >= 15 is 0 Å². The van der Waals surface area contributed by atoms with Gasteiger partial charge in [0, 0.05) is 18.8 Å². The van der Waals surface area contributed by atoms with Crippen molar-refractivity contribution in [2.45, 2.75) is 17.6 Å². The maximum absolute atomic E-state index is 5.92. The van der Waals surface area contributed by atoms with Crippen LogP contribution in [0.1, 0.15) is 29.5 Å². The molecule has 1 aliphatic rings. The number of rotatable bonds is 14. The summed E-state index contributed by atoms with van der Waals surface area (Å²) >= 11 is 1.92. The molecule has 0 bridgehead atoms. The summed E-state index contributed by atoms with van der Waals surface area (Å²) in [6.07, 6.45) is 1.79. The van der Waals surface area contributed by atoms with Gasteiger partial charge in [-0.25, -0.2) is 0 Å². The van der Waals surface area contributed by atoms with Crippen molar-refractivity contribution in [3.05, 3.63) is 108 Å². The largest absolute Gasteiger partial charge is 0.479 e. The van der Waals surface area contributed by atoms with Crippen molar-refractivity contribution in [2.75, 3.05) is 45.3 Å². The Hall–Kier alpha value is -2.60. The molecule has 178 valence electrons. The van der Waals surface area contributed by atoms with E-state index in [1.54, 1.807) is 0 Å². The van der Waals surface area contributed by atoms with Crippen LogP contribution in [0.4, 0.5) is 0 Å². The quantitative estimate of drug-likeness (QED) is 0.213. The zero-order chi connectivity index (χ0) is 23.3. The second kappa shape index (κ2) is 13.3. The molecule has 0 spiro atoms. The lowest BCUT2D eigenvalue weighted by atomic mass is 9.84. The number of nitrogens with zero attached hydrogens (tertiary/aromatic N) is 1. The molecule has 0 radical (unpaired) electrons. The maximum Gasteiger partial charge on any atom is 0.183 e. The summed E-state index contributed by atoms with van der Waals surface area (Å²) in [6, 6.07) is 32.3. The summed E-state index contributed by atoms with van der Waals surface area (Å²) in [4.78, 5) is 4.30. The Morgan fingerprint density at radius 2 is 1.24 bits per heavy atom. The topological polar surface area (TPSA) is 40.0 Å². The average molecular weight is 476 g/mol. The fourth-order valence-electron chi connectivity index (χ4n) is 4.20.